The highest BCUT2D eigenvalue weighted by Crippen LogP contribution is 2.22. The first-order valence-corrected chi connectivity index (χ1v) is 6.97. The van der Waals surface area contributed by atoms with Gasteiger partial charge in [0, 0.05) is 12.0 Å². The fourth-order valence-electron chi connectivity index (χ4n) is 2.27. The van der Waals surface area contributed by atoms with Crippen LogP contribution in [0.4, 0.5) is 0 Å². The molecule has 2 aromatic carbocycles. The topological polar surface area (TPSA) is 17.1 Å². The minimum Gasteiger partial charge on any atom is -0.294 e. The van der Waals surface area contributed by atoms with E-state index in [1.54, 1.807) is 0 Å². The molecule has 0 radical (unpaired) electrons. The predicted molar refractivity (Wildman–Crippen MR) is 80.5 cm³/mol. The molecule has 0 aromatic heterocycles. The van der Waals surface area contributed by atoms with Gasteiger partial charge in [0.1, 0.15) is 0 Å². The molecule has 0 aliphatic rings. The normalized spacial score (nSPS) is 10.4. The molecule has 1 nitrogen and oxygen atoms in total. The predicted octanol–water partition coefficient (Wildman–Crippen LogP) is 4.90. The summed E-state index contributed by atoms with van der Waals surface area (Å²) in [6.45, 7) is 4.09. The van der Waals surface area contributed by atoms with Gasteiger partial charge in [-0.2, -0.15) is 0 Å². The van der Waals surface area contributed by atoms with Crippen LogP contribution >= 0.6 is 0 Å². The summed E-state index contributed by atoms with van der Waals surface area (Å²) in [4.78, 5) is 11.8. The second kappa shape index (κ2) is 6.33. The van der Waals surface area contributed by atoms with Crippen LogP contribution in [0.1, 0.15) is 42.6 Å². The van der Waals surface area contributed by atoms with E-state index in [0.717, 1.165) is 24.0 Å². The van der Waals surface area contributed by atoms with Crippen LogP contribution in [-0.2, 0) is 6.42 Å². The molecule has 0 N–H and O–H groups in total. The van der Waals surface area contributed by atoms with Crippen molar-refractivity contribution in [3.8, 4) is 11.1 Å². The van der Waals surface area contributed by atoms with Gasteiger partial charge in [0.05, 0.1) is 0 Å². The van der Waals surface area contributed by atoms with Crippen molar-refractivity contribution in [2.45, 2.75) is 33.1 Å². The van der Waals surface area contributed by atoms with Crippen molar-refractivity contribution in [3.05, 3.63) is 59.7 Å². The number of benzene rings is 2. The molecule has 2 rings (SSSR count). The lowest BCUT2D eigenvalue weighted by atomic mass is 9.98. The molecule has 0 aliphatic carbocycles. The van der Waals surface area contributed by atoms with E-state index in [4.69, 9.17) is 0 Å². The first-order valence-electron chi connectivity index (χ1n) is 6.97. The summed E-state index contributed by atoms with van der Waals surface area (Å²) in [5.74, 6) is 0.201. The number of hydrogen-bond donors (Lipinski definition) is 0. The largest absolute Gasteiger partial charge is 0.294 e. The van der Waals surface area contributed by atoms with Crippen molar-refractivity contribution in [3.63, 3.8) is 0 Å². The lowest BCUT2D eigenvalue weighted by Gasteiger charge is -2.06. The van der Waals surface area contributed by atoms with Gasteiger partial charge in [-0.05, 0) is 29.2 Å². The van der Waals surface area contributed by atoms with Gasteiger partial charge in [-0.1, -0.05) is 62.7 Å². The Hall–Kier alpha value is -1.89. The molecule has 98 valence electrons. The number of aryl methyl sites for hydroxylation is 1. The molecule has 1 heteroatoms. The minimum absolute atomic E-state index is 0.201. The first kappa shape index (κ1) is 13.5. The van der Waals surface area contributed by atoms with Crippen molar-refractivity contribution in [1.82, 2.24) is 0 Å². The van der Waals surface area contributed by atoms with Crippen LogP contribution in [0.15, 0.2) is 48.5 Å². The van der Waals surface area contributed by atoms with Crippen LogP contribution in [0.2, 0.25) is 0 Å². The molecule has 0 atom stereocenters. The van der Waals surface area contributed by atoms with Gasteiger partial charge < -0.3 is 0 Å². The number of hydrogen-bond acceptors (Lipinski definition) is 1. The number of carbonyl (C=O) groups is 1. The Kier molecular flexibility index (Phi) is 4.51. The second-order valence-electron chi connectivity index (χ2n) is 4.81. The first-order chi connectivity index (χ1) is 9.24. The van der Waals surface area contributed by atoms with Crippen molar-refractivity contribution >= 4 is 5.78 Å². The van der Waals surface area contributed by atoms with Crippen LogP contribution in [0.5, 0.6) is 0 Å². The summed E-state index contributed by atoms with van der Waals surface area (Å²) >= 11 is 0. The van der Waals surface area contributed by atoms with E-state index < -0.39 is 0 Å². The number of Topliss-reactive ketones (excluding diaryl/α,β-unsaturated/α-hetero) is 1. The molecule has 0 fully saturated rings. The molecular formula is C18H20O. The van der Waals surface area contributed by atoms with E-state index in [9.17, 15) is 4.79 Å². The van der Waals surface area contributed by atoms with Crippen LogP contribution in [0, 0.1) is 0 Å². The molecule has 0 unspecified atom stereocenters. The highest BCUT2D eigenvalue weighted by atomic mass is 16.1. The molecule has 0 saturated heterocycles. The average molecular weight is 252 g/mol. The highest BCUT2D eigenvalue weighted by Gasteiger charge is 2.05. The van der Waals surface area contributed by atoms with Gasteiger partial charge in [0.25, 0.3) is 0 Å². The Labute approximate surface area is 115 Å². The average Bonchev–Trinajstić information content (AvgIpc) is 2.47. The maximum absolute atomic E-state index is 11.8. The van der Waals surface area contributed by atoms with Gasteiger partial charge in [0.2, 0.25) is 0 Å². The minimum atomic E-state index is 0.201. The summed E-state index contributed by atoms with van der Waals surface area (Å²) < 4.78 is 0. The monoisotopic (exact) mass is 252 g/mol. The molecule has 0 saturated carbocycles. The van der Waals surface area contributed by atoms with Crippen molar-refractivity contribution in [1.29, 1.82) is 0 Å². The standard InChI is InChI=1S/C18H20O/c1-3-7-14-8-5-9-15(12-14)16-10-6-11-17(13-16)18(19)4-2/h5-6,8-13H,3-4,7H2,1-2H3. The zero-order chi connectivity index (χ0) is 13.7. The number of ketones is 1. The maximum Gasteiger partial charge on any atom is 0.162 e. The lowest BCUT2D eigenvalue weighted by molar-refractivity contribution is 0.0988. The van der Waals surface area contributed by atoms with Gasteiger partial charge in [-0.15, -0.1) is 0 Å². The number of rotatable bonds is 5. The van der Waals surface area contributed by atoms with Crippen molar-refractivity contribution in [2.24, 2.45) is 0 Å². The van der Waals surface area contributed by atoms with Crippen molar-refractivity contribution < 1.29 is 4.79 Å². The summed E-state index contributed by atoms with van der Waals surface area (Å²) in [6, 6.07) is 16.5. The quantitative estimate of drug-likeness (QED) is 0.692. The maximum atomic E-state index is 11.8. The van der Waals surface area contributed by atoms with Crippen LogP contribution < -0.4 is 0 Å². The molecule has 0 spiro atoms. The third-order valence-electron chi connectivity index (χ3n) is 3.30. The highest BCUT2D eigenvalue weighted by molar-refractivity contribution is 5.97. The molecule has 0 bridgehead atoms. The Morgan fingerprint density at radius 2 is 1.63 bits per heavy atom. The van der Waals surface area contributed by atoms with Crippen molar-refractivity contribution in [2.75, 3.05) is 0 Å². The summed E-state index contributed by atoms with van der Waals surface area (Å²) in [5.41, 5.74) is 4.47. The Morgan fingerprint density at radius 3 is 2.32 bits per heavy atom. The molecule has 0 heterocycles. The Morgan fingerprint density at radius 1 is 0.947 bits per heavy atom. The summed E-state index contributed by atoms with van der Waals surface area (Å²) in [7, 11) is 0. The van der Waals surface area contributed by atoms with Gasteiger partial charge in [0.15, 0.2) is 5.78 Å². The summed E-state index contributed by atoms with van der Waals surface area (Å²) in [5, 5.41) is 0. The number of carbonyl (C=O) groups excluding carboxylic acids is 1. The van der Waals surface area contributed by atoms with E-state index in [-0.39, 0.29) is 5.78 Å². The van der Waals surface area contributed by atoms with Gasteiger partial charge in [-0.3, -0.25) is 4.79 Å². The van der Waals surface area contributed by atoms with Gasteiger partial charge in [-0.25, -0.2) is 0 Å². The van der Waals surface area contributed by atoms with Gasteiger partial charge >= 0.3 is 0 Å². The smallest absolute Gasteiger partial charge is 0.162 e. The zero-order valence-corrected chi connectivity index (χ0v) is 11.6. The van der Waals surface area contributed by atoms with Crippen LogP contribution in [-0.4, -0.2) is 5.78 Å². The lowest BCUT2D eigenvalue weighted by Crippen LogP contribution is -1.96. The molecule has 0 amide bonds. The second-order valence-corrected chi connectivity index (χ2v) is 4.81. The Balaban J connectivity index is 2.36. The van der Waals surface area contributed by atoms with E-state index in [1.807, 2.05) is 25.1 Å². The zero-order valence-electron chi connectivity index (χ0n) is 11.6. The van der Waals surface area contributed by atoms with Crippen LogP contribution in [0.25, 0.3) is 11.1 Å². The third-order valence-corrected chi connectivity index (χ3v) is 3.30. The molecular weight excluding hydrogens is 232 g/mol. The fraction of sp³-hybridized carbons (Fsp3) is 0.278. The van der Waals surface area contributed by atoms with E-state index in [2.05, 4.69) is 37.3 Å². The van der Waals surface area contributed by atoms with E-state index in [1.165, 1.54) is 11.1 Å². The third kappa shape index (κ3) is 3.31. The molecule has 2 aromatic rings. The van der Waals surface area contributed by atoms with E-state index in [0.29, 0.717) is 6.42 Å². The molecule has 19 heavy (non-hydrogen) atoms. The van der Waals surface area contributed by atoms with Crippen LogP contribution in [0.3, 0.4) is 0 Å². The Bertz CT molecular complexity index is 569. The SMILES string of the molecule is CCCc1cccc(-c2cccc(C(=O)CC)c2)c1. The summed E-state index contributed by atoms with van der Waals surface area (Å²) in [6.07, 6.45) is 2.80. The molecule has 0 aliphatic heterocycles. The fourth-order valence-corrected chi connectivity index (χ4v) is 2.27. The van der Waals surface area contributed by atoms with E-state index >= 15 is 0 Å².